The van der Waals surface area contributed by atoms with Gasteiger partial charge in [0.25, 0.3) is 5.91 Å². The molecule has 1 aliphatic heterocycles. The Bertz CT molecular complexity index is 599. The number of hydrogen-bond acceptors (Lipinski definition) is 5. The van der Waals surface area contributed by atoms with E-state index < -0.39 is 0 Å². The number of thiocarbonyl (C=S) groups is 1. The van der Waals surface area contributed by atoms with E-state index in [0.29, 0.717) is 28.1 Å². The first-order chi connectivity index (χ1) is 10.1. The minimum absolute atomic E-state index is 0.0575. The van der Waals surface area contributed by atoms with E-state index in [-0.39, 0.29) is 11.7 Å². The number of aromatic hydroxyl groups is 1. The van der Waals surface area contributed by atoms with E-state index in [0.717, 1.165) is 12.0 Å². The largest absolute Gasteiger partial charge is 0.504 e. The van der Waals surface area contributed by atoms with Crippen LogP contribution in [0.15, 0.2) is 23.1 Å². The van der Waals surface area contributed by atoms with Gasteiger partial charge in [0.2, 0.25) is 0 Å². The molecule has 0 saturated carbocycles. The van der Waals surface area contributed by atoms with E-state index in [9.17, 15) is 9.90 Å². The lowest BCUT2D eigenvalue weighted by molar-refractivity contribution is -0.122. The molecule has 4 nitrogen and oxygen atoms in total. The number of carbonyl (C=O) groups excluding carboxylic acids is 1. The molecule has 0 aromatic heterocycles. The van der Waals surface area contributed by atoms with Crippen molar-refractivity contribution in [1.82, 2.24) is 4.90 Å². The van der Waals surface area contributed by atoms with Crippen LogP contribution in [0.5, 0.6) is 11.5 Å². The van der Waals surface area contributed by atoms with Gasteiger partial charge in [0, 0.05) is 6.54 Å². The molecule has 112 valence electrons. The molecule has 0 spiro atoms. The minimum atomic E-state index is -0.0575. The SMILES string of the molecule is CCCN1C(=O)/C(=C\c2ccc(O)c(OCC)c2)SC1=S. The van der Waals surface area contributed by atoms with Crippen LogP contribution in [0.4, 0.5) is 0 Å². The number of nitrogens with zero attached hydrogens (tertiary/aromatic N) is 1. The lowest BCUT2D eigenvalue weighted by atomic mass is 10.2. The van der Waals surface area contributed by atoms with Crippen LogP contribution in [-0.4, -0.2) is 33.4 Å². The molecule has 1 heterocycles. The summed E-state index contributed by atoms with van der Waals surface area (Å²) in [6, 6.07) is 5.01. The summed E-state index contributed by atoms with van der Waals surface area (Å²) >= 11 is 6.53. The lowest BCUT2D eigenvalue weighted by Crippen LogP contribution is -2.28. The van der Waals surface area contributed by atoms with Crippen LogP contribution in [-0.2, 0) is 4.79 Å². The number of rotatable bonds is 5. The second-order valence-corrected chi connectivity index (χ2v) is 6.17. The van der Waals surface area contributed by atoms with Crippen molar-refractivity contribution in [3.63, 3.8) is 0 Å². The molecule has 6 heteroatoms. The third-order valence-electron chi connectivity index (χ3n) is 2.90. The molecule has 0 bridgehead atoms. The molecule has 0 aliphatic carbocycles. The number of benzene rings is 1. The van der Waals surface area contributed by atoms with Crippen molar-refractivity contribution in [1.29, 1.82) is 0 Å². The van der Waals surface area contributed by atoms with E-state index in [1.807, 2.05) is 13.8 Å². The normalized spacial score (nSPS) is 16.9. The number of phenolic OH excluding ortho intramolecular Hbond substituents is 1. The van der Waals surface area contributed by atoms with Gasteiger partial charge in [-0.15, -0.1) is 0 Å². The molecule has 2 rings (SSSR count). The molecule has 1 aromatic carbocycles. The highest BCUT2D eigenvalue weighted by atomic mass is 32.2. The minimum Gasteiger partial charge on any atom is -0.504 e. The molecule has 0 unspecified atom stereocenters. The van der Waals surface area contributed by atoms with Gasteiger partial charge >= 0.3 is 0 Å². The Labute approximate surface area is 133 Å². The summed E-state index contributed by atoms with van der Waals surface area (Å²) in [5, 5.41) is 9.69. The average molecular weight is 323 g/mol. The summed E-state index contributed by atoms with van der Waals surface area (Å²) in [5.41, 5.74) is 0.799. The summed E-state index contributed by atoms with van der Waals surface area (Å²) in [6.45, 7) is 4.97. The third kappa shape index (κ3) is 3.57. The molecular formula is C15H17NO3S2. The molecule has 1 N–H and O–H groups in total. The van der Waals surface area contributed by atoms with Crippen LogP contribution < -0.4 is 4.74 Å². The van der Waals surface area contributed by atoms with E-state index in [4.69, 9.17) is 17.0 Å². The number of ether oxygens (including phenoxy) is 1. The predicted molar refractivity (Wildman–Crippen MR) is 89.4 cm³/mol. The molecule has 1 aromatic rings. The van der Waals surface area contributed by atoms with Crippen molar-refractivity contribution in [2.45, 2.75) is 20.3 Å². The molecule has 21 heavy (non-hydrogen) atoms. The molecule has 1 saturated heterocycles. The number of carbonyl (C=O) groups is 1. The molecule has 1 fully saturated rings. The van der Waals surface area contributed by atoms with Gasteiger partial charge < -0.3 is 9.84 Å². The summed E-state index contributed by atoms with van der Waals surface area (Å²) in [5.74, 6) is 0.445. The second-order valence-electron chi connectivity index (χ2n) is 4.49. The highest BCUT2D eigenvalue weighted by molar-refractivity contribution is 8.26. The van der Waals surface area contributed by atoms with Gasteiger partial charge in [-0.3, -0.25) is 9.69 Å². The maximum atomic E-state index is 12.3. The highest BCUT2D eigenvalue weighted by Crippen LogP contribution is 2.34. The van der Waals surface area contributed by atoms with Crippen LogP contribution in [0.2, 0.25) is 0 Å². The summed E-state index contributed by atoms with van der Waals surface area (Å²) in [4.78, 5) is 14.5. The average Bonchev–Trinajstić information content (AvgIpc) is 2.71. The van der Waals surface area contributed by atoms with Crippen molar-refractivity contribution in [2.75, 3.05) is 13.2 Å². The quantitative estimate of drug-likeness (QED) is 0.665. The maximum Gasteiger partial charge on any atom is 0.266 e. The Hall–Kier alpha value is -1.53. The monoisotopic (exact) mass is 323 g/mol. The van der Waals surface area contributed by atoms with Gasteiger partial charge in [-0.2, -0.15) is 0 Å². The fourth-order valence-corrected chi connectivity index (χ4v) is 3.27. The van der Waals surface area contributed by atoms with Gasteiger partial charge in [-0.1, -0.05) is 37.0 Å². The van der Waals surface area contributed by atoms with Crippen molar-refractivity contribution in [3.8, 4) is 11.5 Å². The predicted octanol–water partition coefficient (Wildman–Crippen LogP) is 3.40. The lowest BCUT2D eigenvalue weighted by Gasteiger charge is -2.12. The zero-order chi connectivity index (χ0) is 15.4. The van der Waals surface area contributed by atoms with Crippen LogP contribution in [0.1, 0.15) is 25.8 Å². The van der Waals surface area contributed by atoms with Gasteiger partial charge in [-0.25, -0.2) is 0 Å². The Morgan fingerprint density at radius 1 is 1.43 bits per heavy atom. The molecule has 0 atom stereocenters. The standard InChI is InChI=1S/C15H17NO3S2/c1-3-7-16-14(18)13(21-15(16)20)9-10-5-6-11(17)12(8-10)19-4-2/h5-6,8-9,17H,3-4,7H2,1-2H3/b13-9+. The Morgan fingerprint density at radius 3 is 2.86 bits per heavy atom. The Kier molecular flexibility index (Phi) is 5.25. The fraction of sp³-hybridized carbons (Fsp3) is 0.333. The smallest absolute Gasteiger partial charge is 0.266 e. The topological polar surface area (TPSA) is 49.8 Å². The Morgan fingerprint density at radius 2 is 2.19 bits per heavy atom. The molecule has 1 amide bonds. The van der Waals surface area contributed by atoms with Gasteiger partial charge in [0.1, 0.15) is 4.32 Å². The van der Waals surface area contributed by atoms with Gasteiger partial charge in [0.15, 0.2) is 11.5 Å². The van der Waals surface area contributed by atoms with Crippen molar-refractivity contribution in [2.24, 2.45) is 0 Å². The molecule has 0 radical (unpaired) electrons. The molecule has 1 aliphatic rings. The van der Waals surface area contributed by atoms with E-state index >= 15 is 0 Å². The van der Waals surface area contributed by atoms with Crippen LogP contribution in [0.3, 0.4) is 0 Å². The third-order valence-corrected chi connectivity index (χ3v) is 4.28. The van der Waals surface area contributed by atoms with Crippen LogP contribution >= 0.6 is 24.0 Å². The Balaban J connectivity index is 2.26. The van der Waals surface area contributed by atoms with Gasteiger partial charge in [0.05, 0.1) is 11.5 Å². The first-order valence-corrected chi connectivity index (χ1v) is 8.00. The van der Waals surface area contributed by atoms with Gasteiger partial charge in [-0.05, 0) is 37.1 Å². The first kappa shape index (κ1) is 15.9. The zero-order valence-electron chi connectivity index (χ0n) is 12.0. The first-order valence-electron chi connectivity index (χ1n) is 6.78. The fourth-order valence-electron chi connectivity index (χ4n) is 1.96. The summed E-state index contributed by atoms with van der Waals surface area (Å²) < 4.78 is 5.94. The number of amides is 1. The van der Waals surface area contributed by atoms with E-state index in [1.54, 1.807) is 29.2 Å². The van der Waals surface area contributed by atoms with Crippen molar-refractivity contribution >= 4 is 40.3 Å². The van der Waals surface area contributed by atoms with Crippen LogP contribution in [0.25, 0.3) is 6.08 Å². The van der Waals surface area contributed by atoms with Crippen molar-refractivity contribution < 1.29 is 14.6 Å². The van der Waals surface area contributed by atoms with Crippen LogP contribution in [0, 0.1) is 0 Å². The summed E-state index contributed by atoms with van der Waals surface area (Å²) in [7, 11) is 0. The summed E-state index contributed by atoms with van der Waals surface area (Å²) in [6.07, 6.45) is 2.64. The number of thioether (sulfide) groups is 1. The zero-order valence-corrected chi connectivity index (χ0v) is 13.6. The van der Waals surface area contributed by atoms with E-state index in [1.165, 1.54) is 11.8 Å². The van der Waals surface area contributed by atoms with E-state index in [2.05, 4.69) is 0 Å². The van der Waals surface area contributed by atoms with Crippen molar-refractivity contribution in [3.05, 3.63) is 28.7 Å². The second kappa shape index (κ2) is 6.95. The maximum absolute atomic E-state index is 12.3. The highest BCUT2D eigenvalue weighted by Gasteiger charge is 2.31. The number of phenols is 1. The molecular weight excluding hydrogens is 306 g/mol. The number of hydrogen-bond donors (Lipinski definition) is 1.